The zero-order valence-electron chi connectivity index (χ0n) is 13.3. The average molecular weight is 299 g/mol. The third-order valence-electron chi connectivity index (χ3n) is 5.04. The molecular weight excluding hydrogens is 274 g/mol. The Balaban J connectivity index is 1.62. The minimum atomic E-state index is -0.115. The molecule has 3 rings (SSSR count). The highest BCUT2D eigenvalue weighted by molar-refractivity contribution is 5.49. The molecule has 2 aliphatic rings. The first-order chi connectivity index (χ1) is 10.7. The summed E-state index contributed by atoms with van der Waals surface area (Å²) >= 11 is 0. The molecule has 1 aliphatic heterocycles. The SMILES string of the molecule is CC(NCC1(C#N)CCC1)c1cccc(N2CCOCC2)c1. The molecule has 0 amide bonds. The van der Waals surface area contributed by atoms with Crippen molar-refractivity contribution < 1.29 is 4.74 Å². The Hall–Kier alpha value is -1.57. The van der Waals surface area contributed by atoms with E-state index in [1.54, 1.807) is 0 Å². The van der Waals surface area contributed by atoms with Gasteiger partial charge in [0.25, 0.3) is 0 Å². The van der Waals surface area contributed by atoms with Crippen LogP contribution < -0.4 is 10.2 Å². The minimum absolute atomic E-state index is 0.115. The van der Waals surface area contributed by atoms with E-state index in [9.17, 15) is 5.26 Å². The number of nitrogens with one attached hydrogen (secondary N) is 1. The van der Waals surface area contributed by atoms with Gasteiger partial charge in [0.15, 0.2) is 0 Å². The van der Waals surface area contributed by atoms with Gasteiger partial charge >= 0.3 is 0 Å². The van der Waals surface area contributed by atoms with Crippen LogP contribution in [0.1, 0.15) is 37.8 Å². The molecule has 1 atom stereocenters. The maximum absolute atomic E-state index is 9.33. The molecule has 0 aromatic heterocycles. The van der Waals surface area contributed by atoms with E-state index in [1.165, 1.54) is 17.7 Å². The second kappa shape index (κ2) is 6.68. The summed E-state index contributed by atoms with van der Waals surface area (Å²) in [5.74, 6) is 0. The Morgan fingerprint density at radius 1 is 1.36 bits per heavy atom. The number of morpholine rings is 1. The number of hydrogen-bond acceptors (Lipinski definition) is 4. The molecule has 1 aromatic rings. The molecule has 2 fully saturated rings. The van der Waals surface area contributed by atoms with Gasteiger partial charge in [0, 0.05) is 31.4 Å². The maximum atomic E-state index is 9.33. The molecule has 1 saturated heterocycles. The maximum Gasteiger partial charge on any atom is 0.0703 e. The Kier molecular flexibility index (Phi) is 4.66. The van der Waals surface area contributed by atoms with Gasteiger partial charge in [-0.1, -0.05) is 18.6 Å². The van der Waals surface area contributed by atoms with Crippen LogP contribution in [0.2, 0.25) is 0 Å². The second-order valence-electron chi connectivity index (χ2n) is 6.54. The third kappa shape index (κ3) is 3.26. The van der Waals surface area contributed by atoms with Crippen molar-refractivity contribution in [3.8, 4) is 6.07 Å². The van der Waals surface area contributed by atoms with E-state index in [1.807, 2.05) is 0 Å². The molecular formula is C18H25N3O. The third-order valence-corrected chi connectivity index (χ3v) is 5.04. The van der Waals surface area contributed by atoms with Gasteiger partial charge in [-0.2, -0.15) is 5.26 Å². The second-order valence-corrected chi connectivity index (χ2v) is 6.54. The van der Waals surface area contributed by atoms with Crippen LogP contribution in [0.5, 0.6) is 0 Å². The zero-order valence-corrected chi connectivity index (χ0v) is 13.3. The predicted molar refractivity (Wildman–Crippen MR) is 87.8 cm³/mol. The van der Waals surface area contributed by atoms with E-state index in [-0.39, 0.29) is 11.5 Å². The lowest BCUT2D eigenvalue weighted by molar-refractivity contribution is 0.122. The molecule has 22 heavy (non-hydrogen) atoms. The van der Waals surface area contributed by atoms with Crippen molar-refractivity contribution in [3.63, 3.8) is 0 Å². The number of nitrogens with zero attached hydrogens (tertiary/aromatic N) is 2. The number of ether oxygens (including phenoxy) is 1. The van der Waals surface area contributed by atoms with Crippen molar-refractivity contribution in [3.05, 3.63) is 29.8 Å². The molecule has 1 saturated carbocycles. The summed E-state index contributed by atoms with van der Waals surface area (Å²) in [6.45, 7) is 6.52. The van der Waals surface area contributed by atoms with Gasteiger partial charge in [0.05, 0.1) is 24.7 Å². The van der Waals surface area contributed by atoms with E-state index >= 15 is 0 Å². The number of nitriles is 1. The molecule has 0 radical (unpaired) electrons. The van der Waals surface area contributed by atoms with Gasteiger partial charge in [-0.05, 0) is 37.5 Å². The Labute approximate surface area is 133 Å². The molecule has 0 bridgehead atoms. The topological polar surface area (TPSA) is 48.3 Å². The number of benzene rings is 1. The Morgan fingerprint density at radius 3 is 2.77 bits per heavy atom. The number of anilines is 1. The first-order valence-electron chi connectivity index (χ1n) is 8.30. The van der Waals surface area contributed by atoms with E-state index in [2.05, 4.69) is 47.5 Å². The molecule has 1 aromatic carbocycles. The van der Waals surface area contributed by atoms with Gasteiger partial charge in [-0.3, -0.25) is 0 Å². The van der Waals surface area contributed by atoms with E-state index in [0.717, 1.165) is 45.7 Å². The fourth-order valence-corrected chi connectivity index (χ4v) is 3.21. The zero-order chi connectivity index (χ0) is 15.4. The number of hydrogen-bond donors (Lipinski definition) is 1. The van der Waals surface area contributed by atoms with Crippen molar-refractivity contribution in [2.24, 2.45) is 5.41 Å². The van der Waals surface area contributed by atoms with Crippen molar-refractivity contribution >= 4 is 5.69 Å². The van der Waals surface area contributed by atoms with Crippen LogP contribution >= 0.6 is 0 Å². The predicted octanol–water partition coefficient (Wildman–Crippen LogP) is 2.87. The summed E-state index contributed by atoms with van der Waals surface area (Å²) in [5, 5.41) is 12.9. The summed E-state index contributed by atoms with van der Waals surface area (Å²) in [5.41, 5.74) is 2.44. The van der Waals surface area contributed by atoms with Crippen LogP contribution in [0, 0.1) is 16.7 Å². The van der Waals surface area contributed by atoms with Crippen molar-refractivity contribution in [1.82, 2.24) is 5.32 Å². The highest BCUT2D eigenvalue weighted by Gasteiger charge is 2.37. The first-order valence-corrected chi connectivity index (χ1v) is 8.30. The van der Waals surface area contributed by atoms with E-state index < -0.39 is 0 Å². The highest BCUT2D eigenvalue weighted by atomic mass is 16.5. The van der Waals surface area contributed by atoms with E-state index in [4.69, 9.17) is 4.74 Å². The molecule has 118 valence electrons. The van der Waals surface area contributed by atoms with Gasteiger partial charge in [0.1, 0.15) is 0 Å². The monoisotopic (exact) mass is 299 g/mol. The van der Waals surface area contributed by atoms with Crippen LogP contribution in [-0.4, -0.2) is 32.8 Å². The van der Waals surface area contributed by atoms with Crippen molar-refractivity contribution in [2.45, 2.75) is 32.2 Å². The minimum Gasteiger partial charge on any atom is -0.378 e. The van der Waals surface area contributed by atoms with Crippen LogP contribution in [-0.2, 0) is 4.74 Å². The summed E-state index contributed by atoms with van der Waals surface area (Å²) in [7, 11) is 0. The number of rotatable bonds is 5. The lowest BCUT2D eigenvalue weighted by Gasteiger charge is -2.36. The van der Waals surface area contributed by atoms with E-state index in [0.29, 0.717) is 0 Å². The van der Waals surface area contributed by atoms with Gasteiger partial charge < -0.3 is 15.0 Å². The lowest BCUT2D eigenvalue weighted by atomic mass is 9.70. The normalized spacial score (nSPS) is 21.7. The van der Waals surface area contributed by atoms with Crippen LogP contribution in [0.3, 0.4) is 0 Å². The smallest absolute Gasteiger partial charge is 0.0703 e. The molecule has 1 aliphatic carbocycles. The summed E-state index contributed by atoms with van der Waals surface area (Å²) in [6, 6.07) is 11.5. The van der Waals surface area contributed by atoms with Crippen LogP contribution in [0.4, 0.5) is 5.69 Å². The van der Waals surface area contributed by atoms with Crippen molar-refractivity contribution in [1.29, 1.82) is 5.26 Å². The Morgan fingerprint density at radius 2 is 2.14 bits per heavy atom. The molecule has 4 heteroatoms. The fourth-order valence-electron chi connectivity index (χ4n) is 3.21. The highest BCUT2D eigenvalue weighted by Crippen LogP contribution is 2.39. The molecule has 0 spiro atoms. The standard InChI is InChI=1S/C18H25N3O/c1-15(20-14-18(13-19)6-3-7-18)16-4-2-5-17(12-16)21-8-10-22-11-9-21/h2,4-5,12,15,20H,3,6-11,14H2,1H3. The van der Waals surface area contributed by atoms with Crippen LogP contribution in [0.15, 0.2) is 24.3 Å². The first kappa shape index (κ1) is 15.3. The van der Waals surface area contributed by atoms with Crippen LogP contribution in [0.25, 0.3) is 0 Å². The molecule has 4 nitrogen and oxygen atoms in total. The fraction of sp³-hybridized carbons (Fsp3) is 0.611. The average Bonchev–Trinajstić information content (AvgIpc) is 2.55. The molecule has 1 unspecified atom stereocenters. The van der Waals surface area contributed by atoms with Gasteiger partial charge in [-0.25, -0.2) is 0 Å². The molecule has 1 N–H and O–H groups in total. The quantitative estimate of drug-likeness (QED) is 0.908. The lowest BCUT2D eigenvalue weighted by Crippen LogP contribution is -2.39. The summed E-state index contributed by atoms with van der Waals surface area (Å²) in [4.78, 5) is 2.38. The summed E-state index contributed by atoms with van der Waals surface area (Å²) < 4.78 is 5.42. The van der Waals surface area contributed by atoms with Crippen molar-refractivity contribution in [2.75, 3.05) is 37.7 Å². The van der Waals surface area contributed by atoms with Gasteiger partial charge in [-0.15, -0.1) is 0 Å². The Bertz CT molecular complexity index is 542. The van der Waals surface area contributed by atoms with Gasteiger partial charge in [0.2, 0.25) is 0 Å². The molecule has 1 heterocycles. The largest absolute Gasteiger partial charge is 0.378 e. The summed E-state index contributed by atoms with van der Waals surface area (Å²) in [6.07, 6.45) is 3.27.